The Hall–Kier alpha value is -3.51. The first kappa shape index (κ1) is 32.5. The van der Waals surface area contributed by atoms with Crippen LogP contribution in [-0.2, 0) is 30.4 Å². The van der Waals surface area contributed by atoms with Crippen molar-refractivity contribution in [3.63, 3.8) is 0 Å². The lowest BCUT2D eigenvalue weighted by molar-refractivity contribution is -0.143. The summed E-state index contributed by atoms with van der Waals surface area (Å²) in [5, 5.41) is 26.2. The standard InChI is InChI=1S/C26H41N5O7/c1-3-16(2)22(25(36)29-19(26(37)38)11-7-8-14-27)31-24(35)20(15-17-9-5-4-6-10-17)30-23(34)18(28)12-13-21(32)33/h4-6,9-10,16,18-20,22H,3,7-8,11-15,27-28H2,1-2H3,(H,29,36)(H,30,34)(H,31,35)(H,32,33)(H,37,38). The second kappa shape index (κ2) is 17.1. The summed E-state index contributed by atoms with van der Waals surface area (Å²) in [4.78, 5) is 61.6. The van der Waals surface area contributed by atoms with Crippen molar-refractivity contribution in [3.05, 3.63) is 35.9 Å². The van der Waals surface area contributed by atoms with Crippen molar-refractivity contribution in [1.29, 1.82) is 0 Å². The van der Waals surface area contributed by atoms with Crippen molar-refractivity contribution in [2.75, 3.05) is 6.54 Å². The number of benzene rings is 1. The van der Waals surface area contributed by atoms with E-state index in [2.05, 4.69) is 16.0 Å². The third kappa shape index (κ3) is 11.7. The van der Waals surface area contributed by atoms with Gasteiger partial charge in [-0.15, -0.1) is 0 Å². The van der Waals surface area contributed by atoms with Gasteiger partial charge in [0.2, 0.25) is 17.7 Å². The number of hydrogen-bond acceptors (Lipinski definition) is 7. The average molecular weight is 536 g/mol. The molecule has 5 unspecified atom stereocenters. The van der Waals surface area contributed by atoms with Crippen molar-refractivity contribution in [1.82, 2.24) is 16.0 Å². The summed E-state index contributed by atoms with van der Waals surface area (Å²) >= 11 is 0. The first-order chi connectivity index (χ1) is 18.0. The van der Waals surface area contributed by atoms with E-state index in [0.717, 1.165) is 5.56 Å². The van der Waals surface area contributed by atoms with Gasteiger partial charge in [0.05, 0.1) is 6.04 Å². The lowest BCUT2D eigenvalue weighted by Gasteiger charge is -2.28. The van der Waals surface area contributed by atoms with Crippen LogP contribution >= 0.6 is 0 Å². The number of carbonyl (C=O) groups excluding carboxylic acids is 3. The lowest BCUT2D eigenvalue weighted by Crippen LogP contribution is -2.59. The fourth-order valence-corrected chi connectivity index (χ4v) is 3.72. The molecule has 3 amide bonds. The van der Waals surface area contributed by atoms with E-state index in [-0.39, 0.29) is 31.6 Å². The molecular weight excluding hydrogens is 494 g/mol. The Morgan fingerprint density at radius 3 is 2.05 bits per heavy atom. The number of nitrogens with one attached hydrogen (secondary N) is 3. The molecule has 0 spiro atoms. The highest BCUT2D eigenvalue weighted by molar-refractivity contribution is 5.94. The molecule has 1 aromatic rings. The van der Waals surface area contributed by atoms with Crippen molar-refractivity contribution < 1.29 is 34.2 Å². The molecule has 0 bridgehead atoms. The monoisotopic (exact) mass is 535 g/mol. The first-order valence-corrected chi connectivity index (χ1v) is 12.8. The zero-order chi connectivity index (χ0) is 28.7. The van der Waals surface area contributed by atoms with Gasteiger partial charge < -0.3 is 37.6 Å². The molecule has 0 aliphatic carbocycles. The molecule has 0 aliphatic heterocycles. The fourth-order valence-electron chi connectivity index (χ4n) is 3.72. The van der Waals surface area contributed by atoms with Gasteiger partial charge in [0.15, 0.2) is 0 Å². The topological polar surface area (TPSA) is 214 Å². The van der Waals surface area contributed by atoms with E-state index in [1.54, 1.807) is 37.3 Å². The van der Waals surface area contributed by atoms with Crippen LogP contribution in [0.1, 0.15) is 57.9 Å². The van der Waals surface area contributed by atoms with Gasteiger partial charge >= 0.3 is 11.9 Å². The molecule has 212 valence electrons. The minimum Gasteiger partial charge on any atom is -0.481 e. The quantitative estimate of drug-likeness (QED) is 0.127. The molecule has 5 atom stereocenters. The van der Waals surface area contributed by atoms with Gasteiger partial charge in [-0.2, -0.15) is 0 Å². The third-order valence-corrected chi connectivity index (χ3v) is 6.28. The number of carboxylic acids is 2. The Kier molecular flexibility index (Phi) is 14.6. The van der Waals surface area contributed by atoms with E-state index in [0.29, 0.717) is 25.8 Å². The Labute approximate surface area is 222 Å². The smallest absolute Gasteiger partial charge is 0.326 e. The summed E-state index contributed by atoms with van der Waals surface area (Å²) in [5.74, 6) is -4.62. The normalized spacial score (nSPS) is 14.8. The lowest BCUT2D eigenvalue weighted by atomic mass is 9.96. The maximum atomic E-state index is 13.4. The van der Waals surface area contributed by atoms with E-state index in [9.17, 15) is 29.1 Å². The van der Waals surface area contributed by atoms with E-state index < -0.39 is 53.8 Å². The number of aliphatic carboxylic acids is 2. The van der Waals surface area contributed by atoms with E-state index >= 15 is 0 Å². The van der Waals surface area contributed by atoms with Crippen LogP contribution in [0.15, 0.2) is 30.3 Å². The molecule has 1 rings (SSSR count). The zero-order valence-electron chi connectivity index (χ0n) is 22.0. The van der Waals surface area contributed by atoms with E-state index in [1.807, 2.05) is 6.92 Å². The van der Waals surface area contributed by atoms with E-state index in [1.165, 1.54) is 0 Å². The Balaban J connectivity index is 3.08. The van der Waals surface area contributed by atoms with Gasteiger partial charge in [-0.3, -0.25) is 19.2 Å². The molecule has 0 saturated carbocycles. The Morgan fingerprint density at radius 2 is 1.50 bits per heavy atom. The number of carboxylic acid groups (broad SMARTS) is 2. The van der Waals surface area contributed by atoms with Crippen molar-refractivity contribution in [2.24, 2.45) is 17.4 Å². The first-order valence-electron chi connectivity index (χ1n) is 12.8. The Bertz CT molecular complexity index is 928. The predicted octanol–water partition coefficient (Wildman–Crippen LogP) is 0.135. The second-order valence-corrected chi connectivity index (χ2v) is 9.35. The minimum absolute atomic E-state index is 0.0930. The summed E-state index contributed by atoms with van der Waals surface area (Å²) in [7, 11) is 0. The van der Waals surface area contributed by atoms with Gasteiger partial charge in [0, 0.05) is 12.8 Å². The Morgan fingerprint density at radius 1 is 0.868 bits per heavy atom. The number of carbonyl (C=O) groups is 5. The van der Waals surface area contributed by atoms with E-state index in [4.69, 9.17) is 16.6 Å². The zero-order valence-corrected chi connectivity index (χ0v) is 22.0. The van der Waals surface area contributed by atoms with Crippen LogP contribution in [-0.4, -0.2) is 70.6 Å². The number of hydrogen-bond donors (Lipinski definition) is 7. The molecular formula is C26H41N5O7. The number of unbranched alkanes of at least 4 members (excludes halogenated alkanes) is 1. The molecule has 38 heavy (non-hydrogen) atoms. The van der Waals surface area contributed by atoms with Gasteiger partial charge in [-0.25, -0.2) is 4.79 Å². The SMILES string of the molecule is CCC(C)C(NC(=O)C(Cc1ccccc1)NC(=O)C(N)CCC(=O)O)C(=O)NC(CCCCN)C(=O)O. The summed E-state index contributed by atoms with van der Waals surface area (Å²) in [6.07, 6.45) is 1.51. The number of amides is 3. The molecule has 12 heteroatoms. The highest BCUT2D eigenvalue weighted by Gasteiger charge is 2.32. The summed E-state index contributed by atoms with van der Waals surface area (Å²) in [6, 6.07) is 4.45. The van der Waals surface area contributed by atoms with Gasteiger partial charge in [-0.1, -0.05) is 50.6 Å². The number of nitrogens with two attached hydrogens (primary N) is 2. The van der Waals surface area contributed by atoms with Crippen LogP contribution in [0.2, 0.25) is 0 Å². The molecule has 0 heterocycles. The van der Waals surface area contributed by atoms with Crippen LogP contribution in [0.5, 0.6) is 0 Å². The molecule has 0 saturated heterocycles. The largest absolute Gasteiger partial charge is 0.481 e. The molecule has 1 aromatic carbocycles. The van der Waals surface area contributed by atoms with Crippen LogP contribution in [0.25, 0.3) is 0 Å². The fraction of sp³-hybridized carbons (Fsp3) is 0.577. The van der Waals surface area contributed by atoms with Crippen molar-refractivity contribution in [3.8, 4) is 0 Å². The predicted molar refractivity (Wildman–Crippen MR) is 141 cm³/mol. The molecule has 0 aromatic heterocycles. The van der Waals surface area contributed by atoms with Crippen LogP contribution in [0, 0.1) is 5.92 Å². The van der Waals surface area contributed by atoms with Crippen LogP contribution in [0.4, 0.5) is 0 Å². The van der Waals surface area contributed by atoms with Crippen LogP contribution in [0.3, 0.4) is 0 Å². The van der Waals surface area contributed by atoms with Gasteiger partial charge in [0.25, 0.3) is 0 Å². The minimum atomic E-state index is -1.19. The maximum Gasteiger partial charge on any atom is 0.326 e. The summed E-state index contributed by atoms with van der Waals surface area (Å²) in [5.41, 5.74) is 12.0. The third-order valence-electron chi connectivity index (χ3n) is 6.28. The molecule has 12 nitrogen and oxygen atoms in total. The highest BCUT2D eigenvalue weighted by Crippen LogP contribution is 2.12. The highest BCUT2D eigenvalue weighted by atomic mass is 16.4. The summed E-state index contributed by atoms with van der Waals surface area (Å²) in [6.45, 7) is 3.99. The van der Waals surface area contributed by atoms with Crippen LogP contribution < -0.4 is 27.4 Å². The average Bonchev–Trinajstić information content (AvgIpc) is 2.89. The molecule has 0 fully saturated rings. The molecule has 0 radical (unpaired) electrons. The number of rotatable bonds is 18. The molecule has 9 N–H and O–H groups in total. The maximum absolute atomic E-state index is 13.4. The molecule has 0 aliphatic rings. The van der Waals surface area contributed by atoms with Crippen molar-refractivity contribution >= 4 is 29.7 Å². The summed E-state index contributed by atoms with van der Waals surface area (Å²) < 4.78 is 0. The second-order valence-electron chi connectivity index (χ2n) is 9.35. The van der Waals surface area contributed by atoms with Gasteiger partial charge in [0.1, 0.15) is 18.1 Å². The van der Waals surface area contributed by atoms with Crippen molar-refractivity contribution in [2.45, 2.75) is 83.0 Å². The van der Waals surface area contributed by atoms with Gasteiger partial charge in [-0.05, 0) is 43.7 Å².